The van der Waals surface area contributed by atoms with Crippen molar-refractivity contribution in [2.45, 2.75) is 33.4 Å². The molecule has 6 heteroatoms. The summed E-state index contributed by atoms with van der Waals surface area (Å²) in [5, 5.41) is 6.52. The van der Waals surface area contributed by atoms with Crippen LogP contribution in [0.5, 0.6) is 0 Å². The Morgan fingerprint density at radius 3 is 1.38 bits per heavy atom. The molecule has 1 heterocycles. The lowest BCUT2D eigenvalue weighted by atomic mass is 10.1. The van der Waals surface area contributed by atoms with E-state index >= 15 is 0 Å². The Hall–Kier alpha value is -2.60. The van der Waals surface area contributed by atoms with Crippen molar-refractivity contribution in [3.63, 3.8) is 0 Å². The molecule has 0 aliphatic rings. The van der Waals surface area contributed by atoms with E-state index in [0.717, 1.165) is 11.4 Å². The van der Waals surface area contributed by atoms with Gasteiger partial charge in [-0.25, -0.2) is 0 Å². The first-order valence-electron chi connectivity index (χ1n) is 8.45. The third-order valence-corrected chi connectivity index (χ3v) is 4.02. The molecular weight excluding hydrogens is 342 g/mol. The molecule has 0 aliphatic heterocycles. The van der Waals surface area contributed by atoms with Gasteiger partial charge in [0.1, 0.15) is 5.82 Å². The van der Waals surface area contributed by atoms with Gasteiger partial charge in [0.05, 0.1) is 0 Å². The molecule has 0 spiro atoms. The average Bonchev–Trinajstić information content (AvgIpc) is 2.52. The van der Waals surface area contributed by atoms with Crippen molar-refractivity contribution in [1.82, 2.24) is 15.0 Å². The first kappa shape index (κ1) is 18.2. The van der Waals surface area contributed by atoms with Gasteiger partial charge in [0.2, 0.25) is 11.9 Å². The number of benzene rings is 2. The molecule has 3 rings (SSSR count). The van der Waals surface area contributed by atoms with Crippen LogP contribution < -0.4 is 10.6 Å². The molecule has 1 aromatic heterocycles. The summed E-state index contributed by atoms with van der Waals surface area (Å²) in [4.78, 5) is 13.3. The van der Waals surface area contributed by atoms with Gasteiger partial charge in [-0.15, -0.1) is 5.75 Å². The van der Waals surface area contributed by atoms with Gasteiger partial charge in [0, 0.05) is 11.4 Å². The monoisotopic (exact) mass is 364 g/mol. The zero-order valence-electron chi connectivity index (χ0n) is 15.4. The summed E-state index contributed by atoms with van der Waals surface area (Å²) < 4.78 is 0. The van der Waals surface area contributed by atoms with Gasteiger partial charge in [-0.2, -0.15) is 15.0 Å². The fraction of sp³-hybridized carbons (Fsp3) is 0.250. The molecule has 0 amide bonds. The topological polar surface area (TPSA) is 62.7 Å². The molecule has 0 radical (unpaired) electrons. The summed E-state index contributed by atoms with van der Waals surface area (Å²) in [6.07, 6.45) is 0. The van der Waals surface area contributed by atoms with Gasteiger partial charge in [0.15, 0.2) is 0 Å². The predicted molar refractivity (Wildman–Crippen MR) is 109 cm³/mol. The van der Waals surface area contributed by atoms with Crippen molar-refractivity contribution in [3.05, 3.63) is 64.5 Å². The molecule has 2 N–H and O–H groups in total. The molecule has 5 nitrogen and oxygen atoms in total. The van der Waals surface area contributed by atoms with Crippen LogP contribution in [-0.4, -0.2) is 15.0 Å². The van der Waals surface area contributed by atoms with Gasteiger partial charge >= 0.3 is 0 Å². The lowest BCUT2D eigenvalue weighted by Gasteiger charge is -2.13. The van der Waals surface area contributed by atoms with Crippen molar-refractivity contribution >= 4 is 35.9 Å². The zero-order chi connectivity index (χ0) is 18.7. The van der Waals surface area contributed by atoms with Crippen LogP contribution in [0.3, 0.4) is 0 Å². The number of aryl methyl sites for hydroxylation is 4. The minimum absolute atomic E-state index is 0.325. The molecule has 0 atom stereocenters. The van der Waals surface area contributed by atoms with E-state index in [1.165, 1.54) is 22.3 Å². The smallest absolute Gasteiger partial charge is 0.232 e. The maximum absolute atomic E-state index is 5.14. The first-order valence-corrected chi connectivity index (χ1v) is 9.03. The number of nitrogens with one attached hydrogen (secondary N) is 2. The Bertz CT molecular complexity index is 827. The predicted octanol–water partition coefficient (Wildman–Crippen LogP) is 4.64. The van der Waals surface area contributed by atoms with Gasteiger partial charge in [-0.1, -0.05) is 12.1 Å². The van der Waals surface area contributed by atoms with Crippen LogP contribution in [0.25, 0.3) is 0 Å². The molecule has 0 fully saturated rings. The van der Waals surface area contributed by atoms with Crippen molar-refractivity contribution in [1.29, 1.82) is 0 Å². The van der Waals surface area contributed by atoms with Gasteiger partial charge in [0.25, 0.3) is 0 Å². The fourth-order valence-corrected chi connectivity index (χ4v) is 3.08. The average molecular weight is 364 g/mol. The number of anilines is 4. The van der Waals surface area contributed by atoms with Crippen LogP contribution in [0, 0.1) is 27.7 Å². The summed E-state index contributed by atoms with van der Waals surface area (Å²) >= 11 is 5.14. The van der Waals surface area contributed by atoms with E-state index < -0.39 is 0 Å². The van der Waals surface area contributed by atoms with Crippen LogP contribution in [0.2, 0.25) is 0 Å². The highest BCUT2D eigenvalue weighted by Crippen LogP contribution is 2.21. The molecule has 0 bridgehead atoms. The third-order valence-electron chi connectivity index (χ3n) is 3.77. The van der Waals surface area contributed by atoms with Gasteiger partial charge < -0.3 is 23.3 Å². The highest BCUT2D eigenvalue weighted by molar-refractivity contribution is 7.57. The molecule has 134 valence electrons. The second-order valence-electron chi connectivity index (χ2n) is 6.55. The standard InChI is InChI=1S/C20H23N5S/c1-12-5-13(2)8-16(7-12)21-19-23-18(11-26)24-20(25-19)22-17-9-14(3)6-15(4)10-17/h5-10,26H,11H2,1-4H3,(H2,21,22,23,24,25)/p-1. The maximum atomic E-state index is 5.14. The molecule has 0 saturated carbocycles. The number of hydrogen-bond donors (Lipinski definition) is 2. The van der Waals surface area contributed by atoms with E-state index in [1.54, 1.807) is 0 Å². The molecule has 0 aliphatic carbocycles. The van der Waals surface area contributed by atoms with Crippen LogP contribution in [0.1, 0.15) is 28.1 Å². The SMILES string of the molecule is Cc1cc(C)cc(Nc2nc(C[S-])nc(Nc3cc(C)cc(C)c3)n2)c1. The highest BCUT2D eigenvalue weighted by Gasteiger charge is 2.07. The second kappa shape index (κ2) is 7.74. The van der Waals surface area contributed by atoms with Crippen LogP contribution >= 0.6 is 0 Å². The van der Waals surface area contributed by atoms with Crippen LogP contribution in [0.4, 0.5) is 23.3 Å². The van der Waals surface area contributed by atoms with Crippen molar-refractivity contribution in [2.75, 3.05) is 10.6 Å². The minimum Gasteiger partial charge on any atom is -0.785 e. The normalized spacial score (nSPS) is 10.7. The minimum atomic E-state index is 0.325. The lowest BCUT2D eigenvalue weighted by Crippen LogP contribution is -2.07. The molecular formula is C20H22N5S-. The van der Waals surface area contributed by atoms with E-state index in [2.05, 4.69) is 89.7 Å². The van der Waals surface area contributed by atoms with Crippen molar-refractivity contribution in [3.8, 4) is 0 Å². The Labute approximate surface area is 159 Å². The number of hydrogen-bond acceptors (Lipinski definition) is 6. The zero-order valence-corrected chi connectivity index (χ0v) is 16.2. The largest absolute Gasteiger partial charge is 0.785 e. The molecule has 3 aromatic rings. The van der Waals surface area contributed by atoms with E-state index in [0.29, 0.717) is 23.5 Å². The quantitative estimate of drug-likeness (QED) is 0.643. The van der Waals surface area contributed by atoms with E-state index in [4.69, 9.17) is 12.6 Å². The summed E-state index contributed by atoms with van der Waals surface area (Å²) in [6.45, 7) is 8.25. The molecule has 0 saturated heterocycles. The third kappa shape index (κ3) is 4.73. The molecule has 26 heavy (non-hydrogen) atoms. The lowest BCUT2D eigenvalue weighted by molar-refractivity contribution is 0.978. The first-order chi connectivity index (χ1) is 12.4. The van der Waals surface area contributed by atoms with Crippen molar-refractivity contribution < 1.29 is 0 Å². The Morgan fingerprint density at radius 1 is 0.654 bits per heavy atom. The summed E-state index contributed by atoms with van der Waals surface area (Å²) in [7, 11) is 0. The second-order valence-corrected chi connectivity index (χ2v) is 6.83. The summed E-state index contributed by atoms with van der Waals surface area (Å²) in [6, 6.07) is 12.5. The Balaban J connectivity index is 1.90. The van der Waals surface area contributed by atoms with E-state index in [-0.39, 0.29) is 0 Å². The van der Waals surface area contributed by atoms with Crippen LogP contribution in [0.15, 0.2) is 36.4 Å². The number of rotatable bonds is 5. The van der Waals surface area contributed by atoms with Crippen molar-refractivity contribution in [2.24, 2.45) is 0 Å². The number of nitrogens with zero attached hydrogens (tertiary/aromatic N) is 3. The Kier molecular flexibility index (Phi) is 5.42. The molecule has 0 unspecified atom stereocenters. The fourth-order valence-electron chi connectivity index (χ4n) is 2.95. The summed E-state index contributed by atoms with van der Waals surface area (Å²) in [5.41, 5.74) is 6.61. The molecule has 2 aromatic carbocycles. The highest BCUT2D eigenvalue weighted by atomic mass is 32.1. The Morgan fingerprint density at radius 2 is 1.04 bits per heavy atom. The summed E-state index contributed by atoms with van der Waals surface area (Å²) in [5.74, 6) is 1.85. The van der Waals surface area contributed by atoms with Crippen LogP contribution in [-0.2, 0) is 18.4 Å². The van der Waals surface area contributed by atoms with E-state index in [9.17, 15) is 0 Å². The number of aromatic nitrogens is 3. The van der Waals surface area contributed by atoms with Gasteiger partial charge in [-0.3, -0.25) is 0 Å². The maximum Gasteiger partial charge on any atom is 0.232 e. The van der Waals surface area contributed by atoms with Gasteiger partial charge in [-0.05, 0) is 74.2 Å². The van der Waals surface area contributed by atoms with E-state index in [1.807, 2.05) is 0 Å².